The molecule has 0 aliphatic carbocycles. The number of rotatable bonds is 10. The summed E-state index contributed by atoms with van der Waals surface area (Å²) in [6.45, 7) is 3.62. The summed E-state index contributed by atoms with van der Waals surface area (Å²) in [5.74, 6) is 1.35. The van der Waals surface area contributed by atoms with Crippen LogP contribution in [0, 0.1) is 0 Å². The van der Waals surface area contributed by atoms with Crippen molar-refractivity contribution >= 4 is 23.2 Å². The van der Waals surface area contributed by atoms with E-state index in [-0.39, 0.29) is 24.4 Å². The molecule has 0 bridgehead atoms. The van der Waals surface area contributed by atoms with Crippen LogP contribution in [0.1, 0.15) is 35.4 Å². The highest BCUT2D eigenvalue weighted by molar-refractivity contribution is 7.10. The molecule has 0 radical (unpaired) electrons. The van der Waals surface area contributed by atoms with Crippen LogP contribution in [-0.2, 0) is 22.4 Å². The Morgan fingerprint density at radius 3 is 2.66 bits per heavy atom. The first-order valence-corrected chi connectivity index (χ1v) is 12.9. The molecule has 0 fully saturated rings. The molecule has 0 saturated heterocycles. The summed E-state index contributed by atoms with van der Waals surface area (Å²) < 4.78 is 11.4. The molecule has 2 heterocycles. The molecule has 6 nitrogen and oxygen atoms in total. The molecule has 0 spiro atoms. The molecule has 3 aromatic rings. The highest BCUT2D eigenvalue weighted by Gasteiger charge is 2.33. The summed E-state index contributed by atoms with van der Waals surface area (Å²) in [4.78, 5) is 31.5. The molecular weight excluding hydrogens is 460 g/mol. The lowest BCUT2D eigenvalue weighted by atomic mass is 10.0. The molecule has 1 aromatic heterocycles. The van der Waals surface area contributed by atoms with Gasteiger partial charge in [0.15, 0.2) is 0 Å². The fourth-order valence-electron chi connectivity index (χ4n) is 4.44. The highest BCUT2D eigenvalue weighted by Crippen LogP contribution is 2.34. The van der Waals surface area contributed by atoms with Gasteiger partial charge in [0.2, 0.25) is 11.8 Å². The number of carbonyl (C=O) groups is 2. The summed E-state index contributed by atoms with van der Waals surface area (Å²) in [6, 6.07) is 19.0. The number of fused-ring (bicyclic) bond motifs is 1. The van der Waals surface area contributed by atoms with Crippen LogP contribution in [0.2, 0.25) is 0 Å². The van der Waals surface area contributed by atoms with Crippen LogP contribution in [0.5, 0.6) is 11.5 Å². The number of benzene rings is 2. The number of hydrogen-bond acceptors (Lipinski definition) is 5. The zero-order valence-electron chi connectivity index (χ0n) is 20.3. The maximum atomic E-state index is 13.6. The van der Waals surface area contributed by atoms with E-state index in [1.807, 2.05) is 66.4 Å². The van der Waals surface area contributed by atoms with Crippen LogP contribution < -0.4 is 9.47 Å². The molecule has 2 aromatic carbocycles. The topological polar surface area (TPSA) is 59.1 Å². The van der Waals surface area contributed by atoms with Gasteiger partial charge in [-0.05, 0) is 47.5 Å². The molecule has 0 N–H and O–H groups in total. The molecule has 0 unspecified atom stereocenters. The van der Waals surface area contributed by atoms with Gasteiger partial charge in [0.25, 0.3) is 0 Å². The molecule has 2 amide bonds. The van der Waals surface area contributed by atoms with Gasteiger partial charge in [0, 0.05) is 24.0 Å². The zero-order chi connectivity index (χ0) is 24.6. The summed E-state index contributed by atoms with van der Waals surface area (Å²) in [5.41, 5.74) is 2.09. The number of amides is 2. The molecule has 4 rings (SSSR count). The van der Waals surface area contributed by atoms with Gasteiger partial charge in [0.05, 0.1) is 26.1 Å². The fraction of sp³-hybridized carbons (Fsp3) is 0.357. The molecule has 1 aliphatic rings. The molecule has 35 heavy (non-hydrogen) atoms. The Bertz CT molecular complexity index is 1130. The van der Waals surface area contributed by atoms with Crippen molar-refractivity contribution in [3.05, 3.63) is 82.0 Å². The van der Waals surface area contributed by atoms with Crippen molar-refractivity contribution in [2.24, 2.45) is 0 Å². The third-order valence-electron chi connectivity index (χ3n) is 6.23. The lowest BCUT2D eigenvalue weighted by Crippen LogP contribution is -2.48. The molecule has 0 saturated carbocycles. The number of thiophene rings is 1. The van der Waals surface area contributed by atoms with E-state index in [1.54, 1.807) is 23.3 Å². The molecule has 1 atom stereocenters. The second-order valence-corrected chi connectivity index (χ2v) is 9.62. The Kier molecular flexibility index (Phi) is 8.42. The van der Waals surface area contributed by atoms with E-state index in [9.17, 15) is 9.59 Å². The van der Waals surface area contributed by atoms with Crippen molar-refractivity contribution < 1.29 is 19.1 Å². The van der Waals surface area contributed by atoms with E-state index < -0.39 is 0 Å². The van der Waals surface area contributed by atoms with Crippen molar-refractivity contribution in [2.45, 2.75) is 32.2 Å². The Hall–Kier alpha value is -3.32. The number of hydrogen-bond donors (Lipinski definition) is 0. The van der Waals surface area contributed by atoms with Crippen LogP contribution in [0.4, 0.5) is 0 Å². The minimum absolute atomic E-state index is 0.0242. The second-order valence-electron chi connectivity index (χ2n) is 8.62. The van der Waals surface area contributed by atoms with Crippen LogP contribution in [0.3, 0.4) is 0 Å². The van der Waals surface area contributed by atoms with E-state index in [4.69, 9.17) is 9.47 Å². The number of carbonyl (C=O) groups excluding carboxylic acids is 2. The molecular formula is C28H32N2O4S. The number of nitrogens with zero attached hydrogens (tertiary/aromatic N) is 2. The van der Waals surface area contributed by atoms with Gasteiger partial charge in [-0.3, -0.25) is 9.59 Å². The van der Waals surface area contributed by atoms with Crippen LogP contribution in [-0.4, -0.2) is 55.0 Å². The molecule has 7 heteroatoms. The SMILES string of the molecule is CCCN(CC(=O)N1CCc2sccc2[C@H]1COc1cccc(OC)c1)C(=O)Cc1ccccc1. The summed E-state index contributed by atoms with van der Waals surface area (Å²) in [7, 11) is 1.62. The predicted octanol–water partition coefficient (Wildman–Crippen LogP) is 4.74. The van der Waals surface area contributed by atoms with Gasteiger partial charge in [-0.1, -0.05) is 43.3 Å². The summed E-state index contributed by atoms with van der Waals surface area (Å²) in [6.07, 6.45) is 1.91. The standard InChI is InChI=1S/C28H32N2O4S/c1-3-14-29(27(31)17-21-8-5-4-6-9-21)19-28(32)30-15-12-26-24(13-16-35-26)25(30)20-34-23-11-7-10-22(18-23)33-2/h4-11,13,16,18,25H,3,12,14-15,17,19-20H2,1-2H3/t25-/m1/s1. The van der Waals surface area contributed by atoms with Crippen LogP contribution in [0.25, 0.3) is 0 Å². The average Bonchev–Trinajstić information content (AvgIpc) is 3.37. The third kappa shape index (κ3) is 6.22. The lowest BCUT2D eigenvalue weighted by molar-refractivity contribution is -0.142. The van der Waals surface area contributed by atoms with Gasteiger partial charge < -0.3 is 19.3 Å². The lowest BCUT2D eigenvalue weighted by Gasteiger charge is -2.37. The van der Waals surface area contributed by atoms with E-state index in [2.05, 4.69) is 11.4 Å². The Labute approximate surface area is 211 Å². The zero-order valence-corrected chi connectivity index (χ0v) is 21.1. The van der Waals surface area contributed by atoms with Crippen molar-refractivity contribution in [1.29, 1.82) is 0 Å². The van der Waals surface area contributed by atoms with Gasteiger partial charge in [-0.15, -0.1) is 11.3 Å². The van der Waals surface area contributed by atoms with Gasteiger partial charge in [-0.25, -0.2) is 0 Å². The van der Waals surface area contributed by atoms with E-state index in [1.165, 1.54) is 4.88 Å². The minimum Gasteiger partial charge on any atom is -0.497 e. The summed E-state index contributed by atoms with van der Waals surface area (Å²) in [5, 5.41) is 2.07. The van der Waals surface area contributed by atoms with Crippen molar-refractivity contribution in [3.63, 3.8) is 0 Å². The molecule has 1 aliphatic heterocycles. The monoisotopic (exact) mass is 492 g/mol. The normalized spacial score (nSPS) is 14.8. The Balaban J connectivity index is 1.48. The van der Waals surface area contributed by atoms with Crippen molar-refractivity contribution in [2.75, 3.05) is 33.4 Å². The molecule has 184 valence electrons. The smallest absolute Gasteiger partial charge is 0.242 e. The number of ether oxygens (including phenoxy) is 2. The minimum atomic E-state index is -0.198. The van der Waals surface area contributed by atoms with Crippen LogP contribution in [0.15, 0.2) is 66.0 Å². The van der Waals surface area contributed by atoms with Crippen LogP contribution >= 0.6 is 11.3 Å². The van der Waals surface area contributed by atoms with Gasteiger partial charge >= 0.3 is 0 Å². The third-order valence-corrected chi connectivity index (χ3v) is 7.23. The van der Waals surface area contributed by atoms with Crippen molar-refractivity contribution in [3.8, 4) is 11.5 Å². The number of methoxy groups -OCH3 is 1. The second kappa shape index (κ2) is 11.9. The first-order chi connectivity index (χ1) is 17.1. The first-order valence-electron chi connectivity index (χ1n) is 12.0. The highest BCUT2D eigenvalue weighted by atomic mass is 32.1. The van der Waals surface area contributed by atoms with E-state index >= 15 is 0 Å². The maximum absolute atomic E-state index is 13.6. The van der Waals surface area contributed by atoms with Gasteiger partial charge in [-0.2, -0.15) is 0 Å². The maximum Gasteiger partial charge on any atom is 0.242 e. The predicted molar refractivity (Wildman–Crippen MR) is 138 cm³/mol. The fourth-order valence-corrected chi connectivity index (χ4v) is 5.37. The van der Waals surface area contributed by atoms with E-state index in [0.717, 1.165) is 29.7 Å². The Morgan fingerprint density at radius 1 is 1.09 bits per heavy atom. The summed E-state index contributed by atoms with van der Waals surface area (Å²) >= 11 is 1.72. The first kappa shape index (κ1) is 24.8. The largest absolute Gasteiger partial charge is 0.497 e. The quantitative estimate of drug-likeness (QED) is 0.410. The Morgan fingerprint density at radius 2 is 1.89 bits per heavy atom. The average molecular weight is 493 g/mol. The van der Waals surface area contributed by atoms with Crippen molar-refractivity contribution in [1.82, 2.24) is 9.80 Å². The van der Waals surface area contributed by atoms with E-state index in [0.29, 0.717) is 31.9 Å². The van der Waals surface area contributed by atoms with Gasteiger partial charge in [0.1, 0.15) is 18.1 Å².